The van der Waals surface area contributed by atoms with Gasteiger partial charge in [-0.15, -0.1) is 0 Å². The summed E-state index contributed by atoms with van der Waals surface area (Å²) in [6.45, 7) is 2.66. The molecule has 50 heavy (non-hydrogen) atoms. The van der Waals surface area contributed by atoms with Gasteiger partial charge in [-0.2, -0.15) is 0 Å². The molecule has 0 bridgehead atoms. The summed E-state index contributed by atoms with van der Waals surface area (Å²) in [6.07, 6.45) is 18.9. The van der Waals surface area contributed by atoms with Crippen LogP contribution in [-0.4, -0.2) is 45.1 Å². The Bertz CT molecular complexity index is 1190. The van der Waals surface area contributed by atoms with Gasteiger partial charge < -0.3 is 24.8 Å². The third-order valence-corrected chi connectivity index (χ3v) is 9.20. The standard InChI is InChI=1S/C43H62N2O5/c1-3-4-5-6-7-8-9-10-11-12-13-14-15-16-17-27-34-45-42(47)48-35-40(50-41(46)44-2)36-49-43(37-28-21-18-22-29-37,38-30-23-19-24-31-38)39-32-25-20-26-33-39/h18-26,28-33,40H,3-17,27,34-36H2,1-2H3,(H,44,46)(H,45,47). The molecule has 0 radical (unpaired) electrons. The number of hydrogen-bond donors (Lipinski definition) is 2. The Labute approximate surface area is 301 Å². The first kappa shape index (κ1) is 40.6. The molecular formula is C43H62N2O5. The van der Waals surface area contributed by atoms with Gasteiger partial charge in [-0.05, 0) is 23.1 Å². The van der Waals surface area contributed by atoms with Gasteiger partial charge in [-0.25, -0.2) is 9.59 Å². The van der Waals surface area contributed by atoms with Gasteiger partial charge in [0.1, 0.15) is 12.2 Å². The van der Waals surface area contributed by atoms with Gasteiger partial charge >= 0.3 is 12.2 Å². The zero-order valence-electron chi connectivity index (χ0n) is 30.7. The number of alkyl carbamates (subject to hydrolysis) is 2. The second-order valence-corrected chi connectivity index (χ2v) is 13.2. The Hall–Kier alpha value is -3.84. The first-order chi connectivity index (χ1) is 24.6. The van der Waals surface area contributed by atoms with Crippen LogP contribution in [0, 0.1) is 0 Å². The molecule has 3 aromatic rings. The van der Waals surface area contributed by atoms with Crippen LogP contribution in [0.1, 0.15) is 126 Å². The molecule has 274 valence electrons. The summed E-state index contributed by atoms with van der Waals surface area (Å²) in [7, 11) is 1.49. The van der Waals surface area contributed by atoms with Crippen molar-refractivity contribution in [3.8, 4) is 0 Å². The van der Waals surface area contributed by atoms with Crippen molar-refractivity contribution in [2.45, 2.75) is 121 Å². The Balaban J connectivity index is 1.41. The molecule has 3 aromatic carbocycles. The molecule has 0 aromatic heterocycles. The maximum absolute atomic E-state index is 12.6. The number of carbonyl (C=O) groups excluding carboxylic acids is 2. The molecule has 0 fully saturated rings. The number of amides is 2. The molecule has 0 aliphatic heterocycles. The van der Waals surface area contributed by atoms with E-state index in [4.69, 9.17) is 14.2 Å². The van der Waals surface area contributed by atoms with Gasteiger partial charge in [0.2, 0.25) is 0 Å². The highest BCUT2D eigenvalue weighted by Gasteiger charge is 2.38. The summed E-state index contributed by atoms with van der Waals surface area (Å²) in [5, 5.41) is 5.34. The molecule has 2 amide bonds. The van der Waals surface area contributed by atoms with Crippen molar-refractivity contribution >= 4 is 12.2 Å². The molecule has 0 spiro atoms. The minimum absolute atomic E-state index is 0.0154. The highest BCUT2D eigenvalue weighted by Crippen LogP contribution is 2.40. The lowest BCUT2D eigenvalue weighted by Crippen LogP contribution is -2.40. The number of benzene rings is 3. The molecular weight excluding hydrogens is 624 g/mol. The van der Waals surface area contributed by atoms with Crippen molar-refractivity contribution in [2.24, 2.45) is 0 Å². The molecule has 2 N–H and O–H groups in total. The van der Waals surface area contributed by atoms with Gasteiger partial charge in [0.25, 0.3) is 0 Å². The van der Waals surface area contributed by atoms with Crippen molar-refractivity contribution in [3.63, 3.8) is 0 Å². The maximum Gasteiger partial charge on any atom is 0.407 e. The van der Waals surface area contributed by atoms with E-state index in [1.165, 1.54) is 96.9 Å². The molecule has 3 rings (SSSR count). The van der Waals surface area contributed by atoms with Crippen LogP contribution in [-0.2, 0) is 19.8 Å². The summed E-state index contributed by atoms with van der Waals surface area (Å²) in [5.74, 6) is 0. The predicted octanol–water partition coefficient (Wildman–Crippen LogP) is 10.7. The Morgan fingerprint density at radius 2 is 0.960 bits per heavy atom. The molecule has 7 heteroatoms. The normalized spacial score (nSPS) is 11.9. The number of unbranched alkanes of at least 4 members (excludes halogenated alkanes) is 15. The number of nitrogens with one attached hydrogen (secondary N) is 2. The fourth-order valence-corrected chi connectivity index (χ4v) is 6.40. The quantitative estimate of drug-likeness (QED) is 0.0648. The smallest absolute Gasteiger partial charge is 0.407 e. The average molecular weight is 687 g/mol. The van der Waals surface area contributed by atoms with Crippen LogP contribution < -0.4 is 10.6 Å². The van der Waals surface area contributed by atoms with Crippen LogP contribution in [0.5, 0.6) is 0 Å². The van der Waals surface area contributed by atoms with Crippen LogP contribution in [0.2, 0.25) is 0 Å². The fraction of sp³-hybridized carbons (Fsp3) is 0.535. The van der Waals surface area contributed by atoms with E-state index in [-0.39, 0.29) is 13.2 Å². The van der Waals surface area contributed by atoms with Crippen molar-refractivity contribution in [2.75, 3.05) is 26.8 Å². The first-order valence-electron chi connectivity index (χ1n) is 19.2. The van der Waals surface area contributed by atoms with Crippen LogP contribution >= 0.6 is 0 Å². The van der Waals surface area contributed by atoms with Crippen LogP contribution in [0.15, 0.2) is 91.0 Å². The highest BCUT2D eigenvalue weighted by molar-refractivity contribution is 5.68. The van der Waals surface area contributed by atoms with E-state index in [1.54, 1.807) is 0 Å². The third-order valence-electron chi connectivity index (χ3n) is 9.20. The average Bonchev–Trinajstić information content (AvgIpc) is 3.16. The summed E-state index contributed by atoms with van der Waals surface area (Å²) < 4.78 is 17.9. The Kier molecular flexibility index (Phi) is 20.4. The van der Waals surface area contributed by atoms with Crippen molar-refractivity contribution < 1.29 is 23.8 Å². The second-order valence-electron chi connectivity index (χ2n) is 13.2. The van der Waals surface area contributed by atoms with Gasteiger partial charge in [-0.1, -0.05) is 194 Å². The van der Waals surface area contributed by atoms with E-state index < -0.39 is 23.9 Å². The summed E-state index contributed by atoms with van der Waals surface area (Å²) in [6, 6.07) is 29.9. The monoisotopic (exact) mass is 686 g/mol. The minimum Gasteiger partial charge on any atom is -0.446 e. The number of carbonyl (C=O) groups is 2. The largest absolute Gasteiger partial charge is 0.446 e. The van der Waals surface area contributed by atoms with Crippen molar-refractivity contribution in [1.29, 1.82) is 0 Å². The van der Waals surface area contributed by atoms with E-state index in [9.17, 15) is 9.59 Å². The van der Waals surface area contributed by atoms with Gasteiger partial charge in [-0.3, -0.25) is 0 Å². The highest BCUT2D eigenvalue weighted by atomic mass is 16.6. The molecule has 0 aliphatic rings. The van der Waals surface area contributed by atoms with Gasteiger partial charge in [0.15, 0.2) is 6.10 Å². The first-order valence-corrected chi connectivity index (χ1v) is 19.2. The van der Waals surface area contributed by atoms with Gasteiger partial charge in [0, 0.05) is 13.6 Å². The lowest BCUT2D eigenvalue weighted by molar-refractivity contribution is -0.0585. The Morgan fingerprint density at radius 3 is 1.36 bits per heavy atom. The lowest BCUT2D eigenvalue weighted by atomic mass is 9.80. The van der Waals surface area contributed by atoms with E-state index in [2.05, 4.69) is 17.6 Å². The minimum atomic E-state index is -0.996. The van der Waals surface area contributed by atoms with Crippen LogP contribution in [0.3, 0.4) is 0 Å². The SMILES string of the molecule is CCCCCCCCCCCCCCCCCCNC(=O)OCC(COC(c1ccccc1)(c1ccccc1)c1ccccc1)OC(=O)NC. The molecule has 0 aliphatic carbocycles. The van der Waals surface area contributed by atoms with Crippen LogP contribution in [0.25, 0.3) is 0 Å². The van der Waals surface area contributed by atoms with E-state index in [0.717, 1.165) is 29.5 Å². The molecule has 7 nitrogen and oxygen atoms in total. The zero-order valence-corrected chi connectivity index (χ0v) is 30.7. The maximum atomic E-state index is 12.6. The van der Waals surface area contributed by atoms with E-state index in [1.807, 2.05) is 91.0 Å². The summed E-state index contributed by atoms with van der Waals surface area (Å²) >= 11 is 0. The lowest BCUT2D eigenvalue weighted by Gasteiger charge is -2.37. The number of ether oxygens (including phenoxy) is 3. The Morgan fingerprint density at radius 1 is 0.560 bits per heavy atom. The summed E-state index contributed by atoms with van der Waals surface area (Å²) in [4.78, 5) is 24.9. The fourth-order valence-electron chi connectivity index (χ4n) is 6.40. The number of hydrogen-bond acceptors (Lipinski definition) is 5. The van der Waals surface area contributed by atoms with Crippen molar-refractivity contribution in [1.82, 2.24) is 10.6 Å². The molecule has 0 heterocycles. The zero-order chi connectivity index (χ0) is 35.5. The van der Waals surface area contributed by atoms with E-state index in [0.29, 0.717) is 6.54 Å². The van der Waals surface area contributed by atoms with Crippen molar-refractivity contribution in [3.05, 3.63) is 108 Å². The second kappa shape index (κ2) is 25.2. The molecule has 1 unspecified atom stereocenters. The predicted molar refractivity (Wildman–Crippen MR) is 203 cm³/mol. The molecule has 1 atom stereocenters. The topological polar surface area (TPSA) is 85.9 Å². The van der Waals surface area contributed by atoms with Gasteiger partial charge in [0.05, 0.1) is 6.61 Å². The summed E-state index contributed by atoms with van der Waals surface area (Å²) in [5.41, 5.74) is 1.78. The molecule has 0 saturated carbocycles. The third kappa shape index (κ3) is 15.0. The van der Waals surface area contributed by atoms with Crippen LogP contribution in [0.4, 0.5) is 9.59 Å². The van der Waals surface area contributed by atoms with E-state index >= 15 is 0 Å². The number of rotatable bonds is 26. The molecule has 0 saturated heterocycles.